The van der Waals surface area contributed by atoms with E-state index >= 15 is 0 Å². The molecule has 18 aromatic rings. The zero-order chi connectivity index (χ0) is 109. The quantitative estimate of drug-likeness (QED) is 0.0289. The number of nitriles is 1. The molecule has 0 aliphatic rings. The van der Waals surface area contributed by atoms with Gasteiger partial charge in [0.1, 0.15) is 65.1 Å². The van der Waals surface area contributed by atoms with Crippen molar-refractivity contribution in [3.05, 3.63) is 480 Å². The molecule has 0 saturated carbocycles. The van der Waals surface area contributed by atoms with Crippen LogP contribution < -0.4 is 60.8 Å². The van der Waals surface area contributed by atoms with E-state index in [0.717, 1.165) is 45.8 Å². The Bertz CT molecular complexity index is 8080. The standard InChI is InChI=1S/C22H19N3O.C21H16FN3O.C20H15ClN4O.C19H14N4O2.C18H12ClFN2O2.C16H11FN4O2/c1-3-17-8-5-9-18(14-17)22(26)24-19-10-6-11-20(15-19)25(4-2)21-12-7-13-23-16-21;1-3-15-6-4-7-16(10-15)21(26)24-18-11-17(22)12-20(13-18)25(2)19-8-5-9-23-14-19;1-3-14-5-4-6-15(9-14)20(26)24-16-7-8-18(21)19(10-16)25(2)17-11-22-13-23-12-17;1-13-3-2-4-15(5-13)19(24)23-16-6-14(9-20)7-17(8-16)25-18-10-21-12-22-11-18;19-12-6-7-17(20)16(9-12)18(23)22-13-3-1-4-14(10-13)24-15-5-2-8-21-11-15;17-11-5-12(21-16(22)15-3-1-2-4-20-15)7-13(6-11)23-14-8-18-10-19-9-14/h1,5-16H,4H2,2H3,(H,24,26);1,4-14H,2H3,(H,24,26);1,4-13H,2H3,(H,24,26);2-8,10-12H,1H3,(H,23,24);1-11H,(H,22,23);1-10H,(H,21,22)/i;;2D3;;;. The maximum atomic E-state index is 14.1. The summed E-state index contributed by atoms with van der Waals surface area (Å²) < 4.78 is 81.9. The molecule has 34 heteroatoms. The topological polar surface area (TPSA) is 365 Å². The van der Waals surface area contributed by atoms with E-state index in [9.17, 15) is 47.2 Å². The van der Waals surface area contributed by atoms with Gasteiger partial charge in [-0.3, -0.25) is 48.7 Å². The molecule has 7 heterocycles. The predicted molar refractivity (Wildman–Crippen MR) is 574 cm³/mol. The summed E-state index contributed by atoms with van der Waals surface area (Å²) in [5, 5.41) is 26.0. The minimum Gasteiger partial charge on any atom is -0.456 e. The first-order valence-electron chi connectivity index (χ1n) is 46.5. The number of benzene rings is 11. The minimum absolute atomic E-state index is 0.124. The van der Waals surface area contributed by atoms with Crippen LogP contribution in [0.5, 0.6) is 34.5 Å². The number of aromatic nitrogens is 10. The molecule has 11 aromatic carbocycles. The molecule has 0 aliphatic heterocycles. The Labute approximate surface area is 875 Å². The van der Waals surface area contributed by atoms with Crippen molar-refractivity contribution in [3.8, 4) is 77.6 Å². The maximum absolute atomic E-state index is 14.1. The van der Waals surface area contributed by atoms with Crippen LogP contribution in [-0.2, 0) is 0 Å². The molecule has 29 nitrogen and oxygen atoms in total. The molecule has 0 spiro atoms. The van der Waals surface area contributed by atoms with Crippen molar-refractivity contribution in [1.82, 2.24) is 49.8 Å². The normalized spacial score (nSPS) is 10.4. The van der Waals surface area contributed by atoms with Crippen molar-refractivity contribution in [2.24, 2.45) is 0 Å². The molecule has 7 aromatic heterocycles. The van der Waals surface area contributed by atoms with Gasteiger partial charge in [-0.1, -0.05) is 95.1 Å². The largest absolute Gasteiger partial charge is 0.456 e. The highest BCUT2D eigenvalue weighted by Crippen LogP contribution is 2.36. The van der Waals surface area contributed by atoms with Crippen molar-refractivity contribution in [2.45, 2.75) is 13.8 Å². The number of amides is 6. The Morgan fingerprint density at radius 2 is 0.820 bits per heavy atom. The molecular weight excluding hydrogens is 1950 g/mol. The number of aryl methyl sites for hydroxylation is 1. The van der Waals surface area contributed by atoms with Gasteiger partial charge in [-0.25, -0.2) is 43.1 Å². The molecule has 0 aliphatic carbocycles. The Morgan fingerprint density at radius 1 is 0.367 bits per heavy atom. The van der Waals surface area contributed by atoms with E-state index in [1.54, 1.807) is 219 Å². The van der Waals surface area contributed by atoms with Crippen molar-refractivity contribution < 1.29 is 60.3 Å². The highest BCUT2D eigenvalue weighted by molar-refractivity contribution is 6.33. The van der Waals surface area contributed by atoms with Gasteiger partial charge < -0.3 is 60.8 Å². The number of pyridine rings is 4. The molecule has 6 amide bonds. The molecule has 18 rings (SSSR count). The molecular formula is C116H87Cl2F3N20O9. The number of hydrogen-bond donors (Lipinski definition) is 6. The SMILES string of the molecule is C#Cc1cccc(C(=O)Nc2cc(F)cc(N(C)c3cccnc3)c2)c1.C#Cc1cccc(C(=O)Nc2cccc(N(CC)c3cccnc3)c2)c1.Cc1cccc(C(=O)Nc2cc(C#N)cc(Oc3cncnc3)c2)c1.O=C(Nc1cc(F)cc(Oc2cncnc2)c1)c1ccccn1.O=C(Nc1cccc(Oc2cccnc2)c1)c1cc(Cl)ccc1F.[2H]C([2H])([2H])N(c1cncnc1)c1cc(NC(=O)c2cccc(C#C)c2)ccc1Cl. The minimum atomic E-state index is -2.56. The van der Waals surface area contributed by atoms with Gasteiger partial charge in [0.05, 0.1) is 101 Å². The first-order chi connectivity index (χ1) is 74.0. The second-order valence-corrected chi connectivity index (χ2v) is 32.2. The molecule has 0 radical (unpaired) electrons. The van der Waals surface area contributed by atoms with Gasteiger partial charge in [-0.15, -0.1) is 19.3 Å². The third-order valence-corrected chi connectivity index (χ3v) is 21.2. The Balaban J connectivity index is 0.000000153. The van der Waals surface area contributed by atoms with Crippen molar-refractivity contribution in [2.75, 3.05) is 67.2 Å². The third kappa shape index (κ3) is 32.2. The van der Waals surface area contributed by atoms with E-state index in [0.29, 0.717) is 102 Å². The fourth-order valence-electron chi connectivity index (χ4n) is 13.7. The number of carbonyl (C=O) groups excluding carboxylic acids is 6. The maximum Gasteiger partial charge on any atom is 0.274 e. The van der Waals surface area contributed by atoms with Crippen molar-refractivity contribution >= 4 is 127 Å². The lowest BCUT2D eigenvalue weighted by atomic mass is 10.1. The second kappa shape index (κ2) is 54.0. The third-order valence-electron chi connectivity index (χ3n) is 20.7. The fraction of sp³-hybridized carbons (Fsp3) is 0.0431. The molecule has 0 fully saturated rings. The summed E-state index contributed by atoms with van der Waals surface area (Å²) >= 11 is 12.1. The number of anilines is 12. The lowest BCUT2D eigenvalue weighted by Gasteiger charge is -2.23. The second-order valence-electron chi connectivity index (χ2n) is 31.4. The Morgan fingerprint density at radius 3 is 1.36 bits per heavy atom. The van der Waals surface area contributed by atoms with E-state index in [1.165, 1.54) is 117 Å². The van der Waals surface area contributed by atoms with Gasteiger partial charge in [0.15, 0.2) is 11.5 Å². The molecule has 740 valence electrons. The van der Waals surface area contributed by atoms with Gasteiger partial charge in [0.2, 0.25) is 0 Å². The van der Waals surface area contributed by atoms with Crippen molar-refractivity contribution in [3.63, 3.8) is 0 Å². The average Bonchev–Trinajstić information content (AvgIpc) is 0.783. The number of hydrogen-bond acceptors (Lipinski definition) is 23. The smallest absolute Gasteiger partial charge is 0.274 e. The predicted octanol–water partition coefficient (Wildman–Crippen LogP) is 24.5. The summed E-state index contributed by atoms with van der Waals surface area (Å²) in [4.78, 5) is 118. The van der Waals surface area contributed by atoms with Gasteiger partial charge in [-0.05, 0) is 232 Å². The van der Waals surface area contributed by atoms with Crippen LogP contribution in [0, 0.1) is 72.7 Å². The van der Waals surface area contributed by atoms with E-state index in [4.69, 9.17) is 60.8 Å². The first-order valence-corrected chi connectivity index (χ1v) is 45.8. The van der Waals surface area contributed by atoms with Crippen LogP contribution in [0.2, 0.25) is 10.0 Å². The van der Waals surface area contributed by atoms with Crippen LogP contribution >= 0.6 is 23.2 Å². The molecule has 150 heavy (non-hydrogen) atoms. The van der Waals surface area contributed by atoms with Crippen LogP contribution in [0.15, 0.2) is 391 Å². The summed E-state index contributed by atoms with van der Waals surface area (Å²) in [5.74, 6) is 6.16. The van der Waals surface area contributed by atoms with Crippen LogP contribution in [0.25, 0.3) is 0 Å². The van der Waals surface area contributed by atoms with Crippen LogP contribution in [0.1, 0.15) is 101 Å². The van der Waals surface area contributed by atoms with Gasteiger partial charge in [-0.2, -0.15) is 5.26 Å². The molecule has 0 atom stereocenters. The van der Waals surface area contributed by atoms with E-state index in [1.807, 2.05) is 67.7 Å². The molecule has 0 unspecified atom stereocenters. The number of terminal acetylenes is 3. The number of halogens is 5. The van der Waals surface area contributed by atoms with Gasteiger partial charge in [0, 0.05) is 163 Å². The summed E-state index contributed by atoms with van der Waals surface area (Å²) in [5.41, 5.74) is 11.6. The van der Waals surface area contributed by atoms with E-state index in [2.05, 4.69) is 117 Å². The number of nitrogens with one attached hydrogen (secondary N) is 6. The van der Waals surface area contributed by atoms with Crippen LogP contribution in [-0.4, -0.2) is 106 Å². The van der Waals surface area contributed by atoms with Crippen molar-refractivity contribution in [1.29, 1.82) is 5.26 Å². The lowest BCUT2D eigenvalue weighted by Crippen LogP contribution is -2.17. The summed E-state index contributed by atoms with van der Waals surface area (Å²) in [6.07, 6.45) is 40.5. The van der Waals surface area contributed by atoms with Crippen LogP contribution in [0.4, 0.5) is 81.4 Å². The van der Waals surface area contributed by atoms with E-state index < -0.39 is 36.2 Å². The average molecular weight is 2040 g/mol. The molecule has 0 bridgehead atoms. The summed E-state index contributed by atoms with van der Waals surface area (Å²) in [6, 6.07) is 81.6. The summed E-state index contributed by atoms with van der Waals surface area (Å²) in [7, 11) is 1.80. The number of rotatable bonds is 25. The Hall–Kier alpha value is -20.6. The highest BCUT2D eigenvalue weighted by Gasteiger charge is 2.20. The van der Waals surface area contributed by atoms with E-state index in [-0.39, 0.29) is 67.7 Å². The zero-order valence-corrected chi connectivity index (χ0v) is 81.2. The van der Waals surface area contributed by atoms with Crippen LogP contribution in [0.3, 0.4) is 0 Å². The fourth-order valence-corrected chi connectivity index (χ4v) is 14.0. The molecule has 6 N–H and O–H groups in total. The monoisotopic (exact) mass is 2030 g/mol. The lowest BCUT2D eigenvalue weighted by molar-refractivity contribution is 0.101. The number of carbonyl (C=O) groups is 6. The van der Waals surface area contributed by atoms with Gasteiger partial charge in [0.25, 0.3) is 35.4 Å². The highest BCUT2D eigenvalue weighted by atomic mass is 35.5. The van der Waals surface area contributed by atoms with Gasteiger partial charge >= 0.3 is 0 Å². The number of ether oxygens (including phenoxy) is 3. The number of nitrogens with zero attached hydrogens (tertiary/aromatic N) is 14. The zero-order valence-electron chi connectivity index (χ0n) is 82.7. The first kappa shape index (κ1) is 102. The molecule has 0 saturated heterocycles. The Kier molecular flexibility index (Phi) is 36.9. The summed E-state index contributed by atoms with van der Waals surface area (Å²) in [6.45, 7) is 2.22.